The van der Waals surface area contributed by atoms with Crippen molar-refractivity contribution in [3.63, 3.8) is 0 Å². The first-order chi connectivity index (χ1) is 13.1. The van der Waals surface area contributed by atoms with Crippen molar-refractivity contribution in [1.29, 1.82) is 0 Å². The van der Waals surface area contributed by atoms with Gasteiger partial charge >= 0.3 is 0 Å². The Morgan fingerprint density at radius 2 is 1.44 bits per heavy atom. The average molecular weight is 371 g/mol. The van der Waals surface area contributed by atoms with Crippen LogP contribution in [0, 0.1) is 0 Å². The molecule has 0 atom stereocenters. The fourth-order valence-corrected chi connectivity index (χ4v) is 2.30. The predicted octanol–water partition coefficient (Wildman–Crippen LogP) is 2.65. The zero-order chi connectivity index (χ0) is 19.5. The minimum Gasteiger partial charge on any atom is -0.497 e. The van der Waals surface area contributed by atoms with Crippen LogP contribution in [0.5, 0.6) is 11.5 Å². The molecule has 2 aromatic carbocycles. The lowest BCUT2D eigenvalue weighted by Gasteiger charge is -2.09. The van der Waals surface area contributed by atoms with Gasteiger partial charge in [-0.25, -0.2) is 0 Å². The first kappa shape index (κ1) is 20.3. The molecule has 0 bridgehead atoms. The summed E-state index contributed by atoms with van der Waals surface area (Å²) in [4.78, 5) is 22.9. The van der Waals surface area contributed by atoms with Crippen molar-refractivity contribution in [3.05, 3.63) is 48.5 Å². The average Bonchev–Trinajstić information content (AvgIpc) is 2.66. The molecule has 0 unspecified atom stereocenters. The van der Waals surface area contributed by atoms with Gasteiger partial charge in [-0.05, 0) is 48.5 Å². The molecule has 2 aromatic rings. The van der Waals surface area contributed by atoms with Gasteiger partial charge in [0.05, 0.1) is 7.11 Å². The number of rotatable bonds is 10. The quantitative estimate of drug-likeness (QED) is 0.559. The normalized spacial score (nSPS) is 10.1. The molecule has 0 spiro atoms. The highest BCUT2D eigenvalue weighted by molar-refractivity contribution is 5.92. The molecule has 7 heteroatoms. The van der Waals surface area contributed by atoms with E-state index in [-0.39, 0.29) is 11.8 Å². The Labute approximate surface area is 159 Å². The number of amides is 2. The number of hydrogen-bond acceptors (Lipinski definition) is 5. The van der Waals surface area contributed by atoms with Gasteiger partial charge < -0.3 is 25.4 Å². The summed E-state index contributed by atoms with van der Waals surface area (Å²) in [6.07, 6.45) is 0.357. The van der Waals surface area contributed by atoms with Crippen molar-refractivity contribution in [3.8, 4) is 11.5 Å². The van der Waals surface area contributed by atoms with Crippen LogP contribution >= 0.6 is 0 Å². The third-order valence-corrected chi connectivity index (χ3v) is 3.62. The molecule has 2 amide bonds. The van der Waals surface area contributed by atoms with Gasteiger partial charge in [-0.15, -0.1) is 0 Å². The molecule has 0 aliphatic carbocycles. The van der Waals surface area contributed by atoms with E-state index in [9.17, 15) is 9.59 Å². The second-order valence-corrected chi connectivity index (χ2v) is 5.83. The summed E-state index contributed by atoms with van der Waals surface area (Å²) in [5, 5.41) is 8.66. The highest BCUT2D eigenvalue weighted by Crippen LogP contribution is 2.16. The van der Waals surface area contributed by atoms with E-state index >= 15 is 0 Å². The van der Waals surface area contributed by atoms with E-state index in [0.29, 0.717) is 37.5 Å². The Kier molecular flexibility index (Phi) is 8.12. The van der Waals surface area contributed by atoms with Crippen LogP contribution in [0.4, 0.5) is 11.4 Å². The lowest BCUT2D eigenvalue weighted by atomic mass is 10.2. The Balaban J connectivity index is 1.58. The monoisotopic (exact) mass is 371 g/mol. The fourth-order valence-electron chi connectivity index (χ4n) is 2.30. The minimum atomic E-state index is -0.131. The lowest BCUT2D eigenvalue weighted by molar-refractivity contribution is -0.116. The Morgan fingerprint density at radius 1 is 0.852 bits per heavy atom. The summed E-state index contributed by atoms with van der Waals surface area (Å²) in [6.45, 7) is 3.16. The van der Waals surface area contributed by atoms with E-state index in [1.165, 1.54) is 6.92 Å². The maximum Gasteiger partial charge on any atom is 0.225 e. The van der Waals surface area contributed by atoms with Gasteiger partial charge in [0.1, 0.15) is 18.1 Å². The standard InChI is InChI=1S/C20H25N3O4/c1-15(24)22-16-3-5-17(6-4-16)23-20(25)11-12-21-13-14-27-19-9-7-18(26-2)8-10-19/h3-10,21H,11-14H2,1-2H3,(H,22,24)(H,23,25). The van der Waals surface area contributed by atoms with E-state index < -0.39 is 0 Å². The van der Waals surface area contributed by atoms with E-state index in [0.717, 1.165) is 11.5 Å². The number of methoxy groups -OCH3 is 1. The topological polar surface area (TPSA) is 88.7 Å². The van der Waals surface area contributed by atoms with Crippen molar-refractivity contribution in [2.24, 2.45) is 0 Å². The van der Waals surface area contributed by atoms with E-state index in [1.807, 2.05) is 24.3 Å². The Bertz CT molecular complexity index is 730. The summed E-state index contributed by atoms with van der Waals surface area (Å²) in [7, 11) is 1.62. The number of carbonyl (C=O) groups excluding carboxylic acids is 2. The molecule has 7 nitrogen and oxygen atoms in total. The Morgan fingerprint density at radius 3 is 2.04 bits per heavy atom. The number of benzene rings is 2. The third-order valence-electron chi connectivity index (χ3n) is 3.62. The molecule has 0 aliphatic heterocycles. The molecule has 3 N–H and O–H groups in total. The first-order valence-corrected chi connectivity index (χ1v) is 8.72. The number of anilines is 2. The highest BCUT2D eigenvalue weighted by Gasteiger charge is 2.03. The zero-order valence-corrected chi connectivity index (χ0v) is 15.6. The van der Waals surface area contributed by atoms with Crippen molar-refractivity contribution in [2.75, 3.05) is 37.4 Å². The van der Waals surface area contributed by atoms with Crippen molar-refractivity contribution >= 4 is 23.2 Å². The SMILES string of the molecule is COc1ccc(OCCNCCC(=O)Nc2ccc(NC(C)=O)cc2)cc1. The molecule has 0 aliphatic rings. The summed E-state index contributed by atoms with van der Waals surface area (Å²) in [5.41, 5.74) is 1.39. The van der Waals surface area contributed by atoms with E-state index in [4.69, 9.17) is 9.47 Å². The van der Waals surface area contributed by atoms with Crippen LogP contribution in [0.3, 0.4) is 0 Å². The largest absolute Gasteiger partial charge is 0.497 e. The number of ether oxygens (including phenoxy) is 2. The van der Waals surface area contributed by atoms with Gasteiger partial charge in [0.15, 0.2) is 0 Å². The van der Waals surface area contributed by atoms with Crippen LogP contribution in [-0.4, -0.2) is 38.6 Å². The molecule has 0 heterocycles. The van der Waals surface area contributed by atoms with Crippen LogP contribution in [0.2, 0.25) is 0 Å². The summed E-state index contributed by atoms with van der Waals surface area (Å²) in [5.74, 6) is 1.36. The van der Waals surface area contributed by atoms with Gasteiger partial charge in [0, 0.05) is 37.8 Å². The van der Waals surface area contributed by atoms with Crippen LogP contribution in [0.25, 0.3) is 0 Å². The first-order valence-electron chi connectivity index (χ1n) is 8.72. The van der Waals surface area contributed by atoms with Gasteiger partial charge in [-0.3, -0.25) is 9.59 Å². The molecule has 0 radical (unpaired) electrons. The molecule has 0 fully saturated rings. The van der Waals surface area contributed by atoms with Crippen molar-refractivity contribution < 1.29 is 19.1 Å². The second-order valence-electron chi connectivity index (χ2n) is 5.83. The van der Waals surface area contributed by atoms with Gasteiger partial charge in [0.2, 0.25) is 11.8 Å². The number of nitrogens with one attached hydrogen (secondary N) is 3. The highest BCUT2D eigenvalue weighted by atomic mass is 16.5. The molecule has 0 saturated carbocycles. The molecular weight excluding hydrogens is 346 g/mol. The number of hydrogen-bond donors (Lipinski definition) is 3. The molecule has 2 rings (SSSR count). The molecule has 27 heavy (non-hydrogen) atoms. The zero-order valence-electron chi connectivity index (χ0n) is 15.6. The predicted molar refractivity (Wildman–Crippen MR) is 105 cm³/mol. The lowest BCUT2D eigenvalue weighted by Crippen LogP contribution is -2.25. The van der Waals surface area contributed by atoms with E-state index in [2.05, 4.69) is 16.0 Å². The van der Waals surface area contributed by atoms with Crippen molar-refractivity contribution in [1.82, 2.24) is 5.32 Å². The Hall–Kier alpha value is -3.06. The van der Waals surface area contributed by atoms with Crippen LogP contribution in [-0.2, 0) is 9.59 Å². The molecular formula is C20H25N3O4. The van der Waals surface area contributed by atoms with Gasteiger partial charge in [0.25, 0.3) is 0 Å². The van der Waals surface area contributed by atoms with Gasteiger partial charge in [-0.2, -0.15) is 0 Å². The van der Waals surface area contributed by atoms with E-state index in [1.54, 1.807) is 31.4 Å². The molecule has 144 valence electrons. The smallest absolute Gasteiger partial charge is 0.225 e. The third kappa shape index (κ3) is 7.79. The molecule has 0 aromatic heterocycles. The van der Waals surface area contributed by atoms with Crippen LogP contribution in [0.15, 0.2) is 48.5 Å². The summed E-state index contributed by atoms with van der Waals surface area (Å²) < 4.78 is 10.7. The fraction of sp³-hybridized carbons (Fsp3) is 0.300. The maximum absolute atomic E-state index is 11.9. The summed E-state index contributed by atoms with van der Waals surface area (Å²) >= 11 is 0. The minimum absolute atomic E-state index is 0.0779. The van der Waals surface area contributed by atoms with Crippen LogP contribution in [0.1, 0.15) is 13.3 Å². The van der Waals surface area contributed by atoms with Crippen molar-refractivity contribution in [2.45, 2.75) is 13.3 Å². The van der Waals surface area contributed by atoms with Crippen LogP contribution < -0.4 is 25.4 Å². The summed E-state index contributed by atoms with van der Waals surface area (Å²) in [6, 6.07) is 14.4. The maximum atomic E-state index is 11.9. The number of carbonyl (C=O) groups is 2. The molecule has 0 saturated heterocycles. The van der Waals surface area contributed by atoms with Gasteiger partial charge in [-0.1, -0.05) is 0 Å². The second kappa shape index (κ2) is 10.8.